The van der Waals surface area contributed by atoms with Crippen molar-refractivity contribution in [3.05, 3.63) is 51.1 Å². The minimum Gasteiger partial charge on any atom is -0.321 e. The molecule has 166 valence electrons. The highest BCUT2D eigenvalue weighted by Crippen LogP contribution is 2.33. The molecular formula is C24H34N6O. The second-order valence-corrected chi connectivity index (χ2v) is 9.84. The Morgan fingerprint density at radius 1 is 1.19 bits per heavy atom. The number of nitrogens with one attached hydrogen (secondary N) is 1. The van der Waals surface area contributed by atoms with Crippen molar-refractivity contribution in [2.24, 2.45) is 5.92 Å². The zero-order valence-electron chi connectivity index (χ0n) is 19.6. The van der Waals surface area contributed by atoms with Crippen LogP contribution in [0.5, 0.6) is 0 Å². The fraction of sp³-hybridized carbons (Fsp3) is 0.583. The Hall–Kier alpha value is -2.54. The molecule has 7 heteroatoms. The fourth-order valence-electron chi connectivity index (χ4n) is 4.64. The normalized spacial score (nSPS) is 17.4. The van der Waals surface area contributed by atoms with Gasteiger partial charge in [-0.1, -0.05) is 25.5 Å². The van der Waals surface area contributed by atoms with Crippen LogP contribution in [0, 0.1) is 19.8 Å². The lowest BCUT2D eigenvalue weighted by atomic mass is 9.94. The van der Waals surface area contributed by atoms with E-state index in [0.717, 1.165) is 60.2 Å². The zero-order chi connectivity index (χ0) is 22.3. The van der Waals surface area contributed by atoms with Crippen LogP contribution in [0.3, 0.4) is 0 Å². The lowest BCUT2D eigenvalue weighted by molar-refractivity contribution is 0.143. The predicted octanol–water partition coefficient (Wildman–Crippen LogP) is 4.10. The summed E-state index contributed by atoms with van der Waals surface area (Å²) in [7, 11) is 0. The SMILES string of the molecule is CCC(C)(C)n1nnnc1[C@H](c1cc2cc(C)cc(C)c2[nH]c1=O)N1CCC(C)CC1. The summed E-state index contributed by atoms with van der Waals surface area (Å²) in [5.74, 6) is 1.44. The van der Waals surface area contributed by atoms with E-state index in [0.29, 0.717) is 5.92 Å². The molecule has 0 saturated carbocycles. The molecule has 31 heavy (non-hydrogen) atoms. The van der Waals surface area contributed by atoms with E-state index in [9.17, 15) is 4.79 Å². The first-order chi connectivity index (χ1) is 14.7. The Kier molecular flexibility index (Phi) is 5.73. The Bertz CT molecular complexity index is 1140. The minimum absolute atomic E-state index is 0.0630. The van der Waals surface area contributed by atoms with Gasteiger partial charge in [0.05, 0.1) is 11.1 Å². The number of piperidine rings is 1. The van der Waals surface area contributed by atoms with E-state index in [2.05, 4.69) is 78.2 Å². The number of nitrogens with zero attached hydrogens (tertiary/aromatic N) is 5. The molecule has 1 aromatic carbocycles. The third-order valence-electron chi connectivity index (χ3n) is 6.98. The molecule has 4 rings (SSSR count). The maximum absolute atomic E-state index is 13.4. The highest BCUT2D eigenvalue weighted by atomic mass is 16.1. The highest BCUT2D eigenvalue weighted by molar-refractivity contribution is 5.83. The Labute approximate surface area is 183 Å². The van der Waals surface area contributed by atoms with Gasteiger partial charge in [0.15, 0.2) is 5.82 Å². The van der Waals surface area contributed by atoms with Gasteiger partial charge < -0.3 is 4.98 Å². The number of aryl methyl sites for hydroxylation is 2. The summed E-state index contributed by atoms with van der Waals surface area (Å²) in [6.45, 7) is 14.7. The van der Waals surface area contributed by atoms with Crippen molar-refractivity contribution < 1.29 is 0 Å². The third kappa shape index (κ3) is 4.03. The zero-order valence-corrected chi connectivity index (χ0v) is 19.6. The number of hydrogen-bond acceptors (Lipinski definition) is 5. The molecule has 1 atom stereocenters. The van der Waals surface area contributed by atoms with Crippen molar-refractivity contribution in [1.82, 2.24) is 30.1 Å². The van der Waals surface area contributed by atoms with Crippen LogP contribution in [0.25, 0.3) is 10.9 Å². The monoisotopic (exact) mass is 422 g/mol. The van der Waals surface area contributed by atoms with Gasteiger partial charge in [-0.2, -0.15) is 0 Å². The van der Waals surface area contributed by atoms with E-state index in [1.54, 1.807) is 0 Å². The first-order valence-corrected chi connectivity index (χ1v) is 11.4. The summed E-state index contributed by atoms with van der Waals surface area (Å²) < 4.78 is 1.92. The smallest absolute Gasteiger partial charge is 0.253 e. The van der Waals surface area contributed by atoms with Crippen molar-refractivity contribution >= 4 is 10.9 Å². The van der Waals surface area contributed by atoms with Crippen LogP contribution in [-0.4, -0.2) is 43.2 Å². The number of benzene rings is 1. The van der Waals surface area contributed by atoms with Gasteiger partial charge in [-0.15, -0.1) is 5.10 Å². The van der Waals surface area contributed by atoms with Gasteiger partial charge >= 0.3 is 0 Å². The second kappa shape index (κ2) is 8.19. The van der Waals surface area contributed by atoms with Gasteiger partial charge in [0, 0.05) is 5.56 Å². The number of rotatable bonds is 5. The van der Waals surface area contributed by atoms with Gasteiger partial charge in [0.2, 0.25) is 0 Å². The molecule has 2 aromatic heterocycles. The first kappa shape index (κ1) is 21.7. The minimum atomic E-state index is -0.276. The van der Waals surface area contributed by atoms with Crippen LogP contribution in [0.15, 0.2) is 23.0 Å². The van der Waals surface area contributed by atoms with Gasteiger partial charge in [-0.05, 0) is 99.5 Å². The van der Waals surface area contributed by atoms with Gasteiger partial charge in [-0.3, -0.25) is 9.69 Å². The van der Waals surface area contributed by atoms with Crippen LogP contribution in [0.4, 0.5) is 0 Å². The molecule has 1 N–H and O–H groups in total. The van der Waals surface area contributed by atoms with Crippen LogP contribution >= 0.6 is 0 Å². The average molecular weight is 423 g/mol. The lowest BCUT2D eigenvalue weighted by Gasteiger charge is -2.37. The maximum Gasteiger partial charge on any atom is 0.253 e. The molecule has 0 bridgehead atoms. The summed E-state index contributed by atoms with van der Waals surface area (Å²) >= 11 is 0. The summed E-state index contributed by atoms with van der Waals surface area (Å²) in [5.41, 5.74) is 3.58. The Morgan fingerprint density at radius 3 is 2.58 bits per heavy atom. The molecule has 0 aliphatic carbocycles. The van der Waals surface area contributed by atoms with Crippen LogP contribution in [0.2, 0.25) is 0 Å². The molecule has 1 fully saturated rings. The van der Waals surface area contributed by atoms with Crippen molar-refractivity contribution in [2.45, 2.75) is 72.4 Å². The van der Waals surface area contributed by atoms with Crippen molar-refractivity contribution in [1.29, 1.82) is 0 Å². The van der Waals surface area contributed by atoms with Crippen molar-refractivity contribution in [3.63, 3.8) is 0 Å². The Balaban J connectivity index is 1.92. The van der Waals surface area contributed by atoms with E-state index in [4.69, 9.17) is 0 Å². The quantitative estimate of drug-likeness (QED) is 0.670. The largest absolute Gasteiger partial charge is 0.321 e. The van der Waals surface area contributed by atoms with Crippen molar-refractivity contribution in [3.8, 4) is 0 Å². The number of aromatic amines is 1. The molecule has 7 nitrogen and oxygen atoms in total. The van der Waals surface area contributed by atoms with E-state index >= 15 is 0 Å². The maximum atomic E-state index is 13.4. The Morgan fingerprint density at radius 2 is 1.90 bits per heavy atom. The van der Waals surface area contributed by atoms with Crippen molar-refractivity contribution in [2.75, 3.05) is 13.1 Å². The van der Waals surface area contributed by atoms with Crippen LogP contribution < -0.4 is 5.56 Å². The fourth-order valence-corrected chi connectivity index (χ4v) is 4.64. The summed E-state index contributed by atoms with van der Waals surface area (Å²) in [6.07, 6.45) is 3.11. The number of aromatic nitrogens is 5. The first-order valence-electron chi connectivity index (χ1n) is 11.4. The molecule has 1 saturated heterocycles. The molecule has 0 unspecified atom stereocenters. The summed E-state index contributed by atoms with van der Waals surface area (Å²) in [5, 5.41) is 13.9. The molecular weight excluding hydrogens is 388 g/mol. The molecule has 1 aliphatic rings. The lowest BCUT2D eigenvalue weighted by Crippen LogP contribution is -2.41. The van der Waals surface area contributed by atoms with Gasteiger partial charge in [0.1, 0.15) is 6.04 Å². The number of likely N-dealkylation sites (tertiary alicyclic amines) is 1. The summed E-state index contributed by atoms with van der Waals surface area (Å²) in [6, 6.07) is 6.01. The number of pyridine rings is 1. The average Bonchev–Trinajstić information content (AvgIpc) is 3.21. The van der Waals surface area contributed by atoms with Crippen LogP contribution in [0.1, 0.15) is 75.5 Å². The van der Waals surface area contributed by atoms with Crippen LogP contribution in [-0.2, 0) is 5.54 Å². The number of H-pyrrole nitrogens is 1. The highest BCUT2D eigenvalue weighted by Gasteiger charge is 2.35. The predicted molar refractivity (Wildman–Crippen MR) is 123 cm³/mol. The van der Waals surface area contributed by atoms with E-state index in [1.165, 1.54) is 5.56 Å². The standard InChI is InChI=1S/C24H34N6O/c1-7-24(5,6)30-22(26-27-28-30)21(29-10-8-15(2)9-11-29)19-14-18-13-16(3)12-17(4)20(18)25-23(19)31/h12-15,21H,7-11H2,1-6H3,(H,25,31)/t21-/m0/s1. The van der Waals surface area contributed by atoms with E-state index in [1.807, 2.05) is 11.6 Å². The number of hydrogen-bond donors (Lipinski definition) is 1. The number of tetrazole rings is 1. The van der Waals surface area contributed by atoms with Gasteiger partial charge in [-0.25, -0.2) is 4.68 Å². The molecule has 0 radical (unpaired) electrons. The van der Waals surface area contributed by atoms with E-state index < -0.39 is 0 Å². The molecule has 0 amide bonds. The topological polar surface area (TPSA) is 79.7 Å². The molecule has 1 aliphatic heterocycles. The molecule has 3 heterocycles. The van der Waals surface area contributed by atoms with E-state index in [-0.39, 0.29) is 17.1 Å². The molecule has 0 spiro atoms. The third-order valence-corrected chi connectivity index (χ3v) is 6.98. The number of fused-ring (bicyclic) bond motifs is 1. The molecule has 3 aromatic rings. The van der Waals surface area contributed by atoms with Gasteiger partial charge in [0.25, 0.3) is 5.56 Å². The summed E-state index contributed by atoms with van der Waals surface area (Å²) in [4.78, 5) is 18.9. The second-order valence-electron chi connectivity index (χ2n) is 9.84.